The SMILES string of the molecule is CCOC(=O)c1ccc(-n2c(C)cc(/C=N\NC(=O)C(O)(c3ccccc3)c3ccccc3)c2C)cc1. The molecule has 0 aliphatic rings. The van der Waals surface area contributed by atoms with Gasteiger partial charge in [0.2, 0.25) is 0 Å². The number of ether oxygens (including phenoxy) is 1. The molecule has 0 radical (unpaired) electrons. The van der Waals surface area contributed by atoms with Gasteiger partial charge in [-0.2, -0.15) is 5.10 Å². The fraction of sp³-hybridized carbons (Fsp3) is 0.167. The molecule has 2 N–H and O–H groups in total. The van der Waals surface area contributed by atoms with E-state index >= 15 is 0 Å². The zero-order chi connectivity index (χ0) is 26.4. The van der Waals surface area contributed by atoms with E-state index in [-0.39, 0.29) is 5.97 Å². The Morgan fingerprint density at radius 2 is 1.51 bits per heavy atom. The first-order valence-corrected chi connectivity index (χ1v) is 12.0. The molecule has 4 aromatic rings. The van der Waals surface area contributed by atoms with E-state index in [1.807, 2.05) is 48.7 Å². The van der Waals surface area contributed by atoms with Crippen LogP contribution in [0, 0.1) is 13.8 Å². The van der Waals surface area contributed by atoms with E-state index < -0.39 is 11.5 Å². The summed E-state index contributed by atoms with van der Waals surface area (Å²) in [5, 5.41) is 15.7. The Hall–Kier alpha value is -4.49. The zero-order valence-electron chi connectivity index (χ0n) is 21.0. The van der Waals surface area contributed by atoms with Gasteiger partial charge in [-0.1, -0.05) is 60.7 Å². The average Bonchev–Trinajstić information content (AvgIpc) is 3.21. The minimum atomic E-state index is -1.91. The Bertz CT molecular complexity index is 1370. The summed E-state index contributed by atoms with van der Waals surface area (Å²) in [5.41, 5.74) is 5.53. The number of amides is 1. The molecule has 4 rings (SSSR count). The van der Waals surface area contributed by atoms with Gasteiger partial charge in [0.15, 0.2) is 5.60 Å². The minimum absolute atomic E-state index is 0.323. The van der Waals surface area contributed by atoms with Crippen molar-refractivity contribution in [2.24, 2.45) is 5.10 Å². The summed E-state index contributed by atoms with van der Waals surface area (Å²) < 4.78 is 7.08. The number of nitrogens with one attached hydrogen (secondary N) is 1. The van der Waals surface area contributed by atoms with Crippen molar-refractivity contribution >= 4 is 18.1 Å². The summed E-state index contributed by atoms with van der Waals surface area (Å²) in [6, 6.07) is 26.7. The zero-order valence-corrected chi connectivity index (χ0v) is 21.0. The van der Waals surface area contributed by atoms with Gasteiger partial charge in [-0.25, -0.2) is 10.2 Å². The van der Waals surface area contributed by atoms with Crippen LogP contribution in [0.15, 0.2) is 96.1 Å². The van der Waals surface area contributed by atoms with Crippen molar-refractivity contribution in [3.8, 4) is 5.69 Å². The number of aryl methyl sites for hydroxylation is 1. The molecule has 37 heavy (non-hydrogen) atoms. The molecule has 1 aromatic heterocycles. The van der Waals surface area contributed by atoms with Crippen molar-refractivity contribution in [2.45, 2.75) is 26.4 Å². The second-order valence-electron chi connectivity index (χ2n) is 8.57. The van der Waals surface area contributed by atoms with Gasteiger partial charge >= 0.3 is 5.97 Å². The number of hydrogen-bond acceptors (Lipinski definition) is 5. The van der Waals surface area contributed by atoms with Gasteiger partial charge in [0, 0.05) is 22.6 Å². The number of carbonyl (C=O) groups excluding carboxylic acids is 2. The fourth-order valence-electron chi connectivity index (χ4n) is 4.31. The van der Waals surface area contributed by atoms with Crippen LogP contribution < -0.4 is 5.43 Å². The monoisotopic (exact) mass is 495 g/mol. The maximum Gasteiger partial charge on any atom is 0.338 e. The van der Waals surface area contributed by atoms with Gasteiger partial charge in [-0.15, -0.1) is 0 Å². The maximum absolute atomic E-state index is 13.3. The average molecular weight is 496 g/mol. The van der Waals surface area contributed by atoms with Crippen LogP contribution in [0.5, 0.6) is 0 Å². The molecule has 0 bridgehead atoms. The summed E-state index contributed by atoms with van der Waals surface area (Å²) in [7, 11) is 0. The maximum atomic E-state index is 13.3. The standard InChI is InChI=1S/C30H29N3O4/c1-4-37-28(34)23-15-17-27(18-16-23)33-21(2)19-24(22(33)3)20-31-32-29(35)30(36,25-11-7-5-8-12-25)26-13-9-6-10-14-26/h5-20,36H,4H2,1-3H3,(H,32,35)/b31-20-. The van der Waals surface area contributed by atoms with Gasteiger partial charge in [-0.3, -0.25) is 4.79 Å². The van der Waals surface area contributed by atoms with E-state index in [0.717, 1.165) is 22.6 Å². The van der Waals surface area contributed by atoms with Crippen molar-refractivity contribution in [3.63, 3.8) is 0 Å². The summed E-state index contributed by atoms with van der Waals surface area (Å²) in [4.78, 5) is 25.2. The highest BCUT2D eigenvalue weighted by atomic mass is 16.5. The molecule has 7 heteroatoms. The first kappa shape index (κ1) is 25.6. The number of aromatic nitrogens is 1. The summed E-state index contributed by atoms with van der Waals surface area (Å²) >= 11 is 0. The van der Waals surface area contributed by atoms with E-state index in [0.29, 0.717) is 23.3 Å². The number of esters is 1. The molecule has 0 aliphatic carbocycles. The molecule has 0 spiro atoms. The predicted molar refractivity (Wildman–Crippen MR) is 143 cm³/mol. The molecular formula is C30H29N3O4. The lowest BCUT2D eigenvalue weighted by molar-refractivity contribution is -0.136. The molecule has 0 saturated carbocycles. The number of carbonyl (C=O) groups is 2. The lowest BCUT2D eigenvalue weighted by Gasteiger charge is -2.27. The van der Waals surface area contributed by atoms with Gasteiger partial charge in [0.05, 0.1) is 18.4 Å². The van der Waals surface area contributed by atoms with E-state index in [1.54, 1.807) is 73.8 Å². The molecule has 0 atom stereocenters. The molecule has 0 unspecified atom stereocenters. The molecule has 1 heterocycles. The Balaban J connectivity index is 1.56. The fourth-order valence-corrected chi connectivity index (χ4v) is 4.31. The van der Waals surface area contributed by atoms with E-state index in [9.17, 15) is 14.7 Å². The van der Waals surface area contributed by atoms with E-state index in [4.69, 9.17) is 4.74 Å². The van der Waals surface area contributed by atoms with Crippen molar-refractivity contribution in [3.05, 3.63) is 125 Å². The van der Waals surface area contributed by atoms with Crippen molar-refractivity contribution in [1.82, 2.24) is 9.99 Å². The number of aliphatic hydroxyl groups is 1. The van der Waals surface area contributed by atoms with Crippen molar-refractivity contribution in [2.75, 3.05) is 6.61 Å². The lowest BCUT2D eigenvalue weighted by atomic mass is 9.85. The highest BCUT2D eigenvalue weighted by molar-refractivity contribution is 5.91. The number of rotatable bonds is 8. The molecular weight excluding hydrogens is 466 g/mol. The molecule has 0 aliphatic heterocycles. The van der Waals surface area contributed by atoms with Crippen molar-refractivity contribution in [1.29, 1.82) is 0 Å². The number of nitrogens with zero attached hydrogens (tertiary/aromatic N) is 2. The second kappa shape index (κ2) is 11.1. The van der Waals surface area contributed by atoms with Crippen LogP contribution in [-0.2, 0) is 15.1 Å². The Morgan fingerprint density at radius 1 is 0.946 bits per heavy atom. The van der Waals surface area contributed by atoms with Crippen LogP contribution in [0.3, 0.4) is 0 Å². The van der Waals surface area contributed by atoms with Crippen LogP contribution in [0.2, 0.25) is 0 Å². The van der Waals surface area contributed by atoms with Gasteiger partial charge < -0.3 is 14.4 Å². The van der Waals surface area contributed by atoms with E-state index in [1.165, 1.54) is 0 Å². The second-order valence-corrected chi connectivity index (χ2v) is 8.57. The van der Waals surface area contributed by atoms with Gasteiger partial charge in [0.25, 0.3) is 5.91 Å². The first-order chi connectivity index (χ1) is 17.9. The highest BCUT2D eigenvalue weighted by Crippen LogP contribution is 2.30. The Kier molecular flexibility index (Phi) is 7.65. The summed E-state index contributed by atoms with van der Waals surface area (Å²) in [5.74, 6) is -1.02. The van der Waals surface area contributed by atoms with E-state index in [2.05, 4.69) is 10.5 Å². The largest absolute Gasteiger partial charge is 0.462 e. The highest BCUT2D eigenvalue weighted by Gasteiger charge is 2.39. The summed E-state index contributed by atoms with van der Waals surface area (Å²) in [6.07, 6.45) is 1.56. The molecule has 1 amide bonds. The van der Waals surface area contributed by atoms with Crippen LogP contribution >= 0.6 is 0 Å². The lowest BCUT2D eigenvalue weighted by Crippen LogP contribution is -2.43. The molecule has 0 saturated heterocycles. The van der Waals surface area contributed by atoms with Crippen LogP contribution in [0.25, 0.3) is 5.69 Å². The molecule has 0 fully saturated rings. The smallest absolute Gasteiger partial charge is 0.338 e. The van der Waals surface area contributed by atoms with Gasteiger partial charge in [-0.05, 0) is 62.2 Å². The van der Waals surface area contributed by atoms with Gasteiger partial charge in [0.1, 0.15) is 0 Å². The van der Waals surface area contributed by atoms with Crippen LogP contribution in [0.4, 0.5) is 0 Å². The third-order valence-electron chi connectivity index (χ3n) is 6.19. The van der Waals surface area contributed by atoms with Crippen LogP contribution in [0.1, 0.15) is 45.4 Å². The third-order valence-corrected chi connectivity index (χ3v) is 6.19. The molecule has 7 nitrogen and oxygen atoms in total. The molecule has 188 valence electrons. The number of benzene rings is 3. The molecule has 3 aromatic carbocycles. The van der Waals surface area contributed by atoms with Crippen LogP contribution in [-0.4, -0.2) is 34.4 Å². The third kappa shape index (κ3) is 5.22. The van der Waals surface area contributed by atoms with Crippen molar-refractivity contribution < 1.29 is 19.4 Å². The predicted octanol–water partition coefficient (Wildman–Crippen LogP) is 4.66. The summed E-state index contributed by atoms with van der Waals surface area (Å²) in [6.45, 7) is 6.00. The first-order valence-electron chi connectivity index (χ1n) is 12.0. The minimum Gasteiger partial charge on any atom is -0.462 e. The quantitative estimate of drug-likeness (QED) is 0.211. The Morgan fingerprint density at radius 3 is 2.05 bits per heavy atom. The topological polar surface area (TPSA) is 92.9 Å². The normalized spacial score (nSPS) is 11.5. The Labute approximate surface area is 216 Å². The number of hydrazone groups is 1. The number of hydrogen-bond donors (Lipinski definition) is 2.